The molecule has 0 saturated heterocycles. The summed E-state index contributed by atoms with van der Waals surface area (Å²) in [5.41, 5.74) is 8.41. The lowest BCUT2D eigenvalue weighted by Crippen LogP contribution is -2.45. The highest BCUT2D eigenvalue weighted by Crippen LogP contribution is 2.39. The standard InChI is InChI=1S/C17H25N3O2/c1-16(2,3)22-15(21)20-11-4-6-12-13(20)7-8-14(19-12)17(18)9-5-10-17/h7-8H,4-6,9-11,18H2,1-3H3. The van der Waals surface area contributed by atoms with E-state index in [0.717, 1.165) is 42.8 Å². The molecule has 2 heterocycles. The minimum Gasteiger partial charge on any atom is -0.443 e. The van der Waals surface area contributed by atoms with Crippen LogP contribution in [0.5, 0.6) is 0 Å². The second-order valence-corrected chi connectivity index (χ2v) is 7.41. The van der Waals surface area contributed by atoms with Gasteiger partial charge in [-0.15, -0.1) is 0 Å². The van der Waals surface area contributed by atoms with Crippen LogP contribution in [-0.2, 0) is 16.7 Å². The number of nitrogens with zero attached hydrogens (tertiary/aromatic N) is 2. The molecule has 0 atom stereocenters. The Hall–Kier alpha value is -1.62. The molecule has 5 nitrogen and oxygen atoms in total. The molecule has 22 heavy (non-hydrogen) atoms. The van der Waals surface area contributed by atoms with Crippen LogP contribution in [0.4, 0.5) is 10.5 Å². The number of aromatic nitrogens is 1. The number of hydrogen-bond acceptors (Lipinski definition) is 4. The lowest BCUT2D eigenvalue weighted by atomic mass is 9.75. The molecule has 1 aromatic rings. The molecule has 1 aliphatic heterocycles. The Labute approximate surface area is 131 Å². The van der Waals surface area contributed by atoms with Gasteiger partial charge in [-0.3, -0.25) is 9.88 Å². The van der Waals surface area contributed by atoms with Crippen molar-refractivity contribution in [3.8, 4) is 0 Å². The summed E-state index contributed by atoms with van der Waals surface area (Å²) in [6.07, 6.45) is 4.65. The third-order valence-electron chi connectivity index (χ3n) is 4.41. The lowest BCUT2D eigenvalue weighted by molar-refractivity contribution is 0.0577. The Morgan fingerprint density at radius 1 is 1.32 bits per heavy atom. The minimum atomic E-state index is -0.491. The van der Waals surface area contributed by atoms with Crippen molar-refractivity contribution in [2.24, 2.45) is 5.73 Å². The van der Waals surface area contributed by atoms with Crippen LogP contribution in [0.1, 0.15) is 57.8 Å². The maximum absolute atomic E-state index is 12.4. The van der Waals surface area contributed by atoms with E-state index >= 15 is 0 Å². The third kappa shape index (κ3) is 2.82. The van der Waals surface area contributed by atoms with Crippen LogP contribution in [-0.4, -0.2) is 23.2 Å². The molecule has 1 amide bonds. The van der Waals surface area contributed by atoms with Gasteiger partial charge in [0.05, 0.1) is 22.6 Å². The Morgan fingerprint density at radius 3 is 2.64 bits per heavy atom. The molecular formula is C17H25N3O2. The molecule has 1 fully saturated rings. The molecule has 5 heteroatoms. The molecule has 0 radical (unpaired) electrons. The lowest BCUT2D eigenvalue weighted by Gasteiger charge is -2.38. The highest BCUT2D eigenvalue weighted by Gasteiger charge is 2.37. The first kappa shape index (κ1) is 15.3. The number of anilines is 1. The molecule has 0 unspecified atom stereocenters. The molecule has 0 aromatic carbocycles. The number of carbonyl (C=O) groups is 1. The van der Waals surface area contributed by atoms with Crippen molar-refractivity contribution in [3.63, 3.8) is 0 Å². The zero-order valence-corrected chi connectivity index (χ0v) is 13.7. The topological polar surface area (TPSA) is 68.5 Å². The van der Waals surface area contributed by atoms with E-state index in [4.69, 9.17) is 15.5 Å². The third-order valence-corrected chi connectivity index (χ3v) is 4.41. The van der Waals surface area contributed by atoms with E-state index in [1.807, 2.05) is 32.9 Å². The van der Waals surface area contributed by atoms with E-state index in [2.05, 4.69) is 0 Å². The highest BCUT2D eigenvalue weighted by atomic mass is 16.6. The van der Waals surface area contributed by atoms with Crippen molar-refractivity contribution >= 4 is 11.8 Å². The summed E-state index contributed by atoms with van der Waals surface area (Å²) in [6.45, 7) is 6.32. The van der Waals surface area contributed by atoms with E-state index in [0.29, 0.717) is 6.54 Å². The first-order valence-corrected chi connectivity index (χ1v) is 8.08. The molecule has 1 aromatic heterocycles. The van der Waals surface area contributed by atoms with Crippen molar-refractivity contribution in [2.75, 3.05) is 11.4 Å². The van der Waals surface area contributed by atoms with Crippen LogP contribution >= 0.6 is 0 Å². The van der Waals surface area contributed by atoms with Gasteiger partial charge in [-0.05, 0) is 65.0 Å². The van der Waals surface area contributed by atoms with Crippen molar-refractivity contribution < 1.29 is 9.53 Å². The fourth-order valence-electron chi connectivity index (χ4n) is 3.05. The predicted molar refractivity (Wildman–Crippen MR) is 85.9 cm³/mol. The number of ether oxygens (including phenoxy) is 1. The van der Waals surface area contributed by atoms with Crippen LogP contribution < -0.4 is 10.6 Å². The summed E-state index contributed by atoms with van der Waals surface area (Å²) in [5.74, 6) is 0. The predicted octanol–water partition coefficient (Wildman–Crippen LogP) is 3.11. The SMILES string of the molecule is CC(C)(C)OC(=O)N1CCCc2nc(C3(N)CCC3)ccc21. The van der Waals surface area contributed by atoms with Crippen molar-refractivity contribution in [3.05, 3.63) is 23.5 Å². The summed E-state index contributed by atoms with van der Waals surface area (Å²) >= 11 is 0. The van der Waals surface area contributed by atoms with Gasteiger partial charge in [0, 0.05) is 6.54 Å². The number of nitrogens with two attached hydrogens (primary N) is 1. The van der Waals surface area contributed by atoms with Crippen molar-refractivity contribution in [2.45, 2.75) is 64.0 Å². The number of aryl methyl sites for hydroxylation is 1. The number of hydrogen-bond donors (Lipinski definition) is 1. The first-order chi connectivity index (χ1) is 10.3. The largest absolute Gasteiger partial charge is 0.443 e. The summed E-state index contributed by atoms with van der Waals surface area (Å²) in [4.78, 5) is 18.8. The molecule has 0 spiro atoms. The molecule has 3 rings (SSSR count). The summed E-state index contributed by atoms with van der Waals surface area (Å²) < 4.78 is 5.50. The Bertz CT molecular complexity index is 588. The molecule has 0 bridgehead atoms. The second-order valence-electron chi connectivity index (χ2n) is 7.41. The van der Waals surface area contributed by atoms with E-state index < -0.39 is 5.60 Å². The average molecular weight is 303 g/mol. The van der Waals surface area contributed by atoms with Crippen LogP contribution in [0.25, 0.3) is 0 Å². The van der Waals surface area contributed by atoms with Crippen molar-refractivity contribution in [1.82, 2.24) is 4.98 Å². The molecular weight excluding hydrogens is 278 g/mol. The van der Waals surface area contributed by atoms with Gasteiger partial charge < -0.3 is 10.5 Å². The summed E-state index contributed by atoms with van der Waals surface area (Å²) in [6, 6.07) is 3.95. The van der Waals surface area contributed by atoms with Gasteiger partial charge in [-0.25, -0.2) is 4.79 Å². The van der Waals surface area contributed by atoms with Gasteiger partial charge in [0.25, 0.3) is 0 Å². The first-order valence-electron chi connectivity index (χ1n) is 8.08. The van der Waals surface area contributed by atoms with Crippen LogP contribution in [0.2, 0.25) is 0 Å². The Balaban J connectivity index is 1.86. The van der Waals surface area contributed by atoms with E-state index in [1.54, 1.807) is 4.90 Å². The molecule has 1 saturated carbocycles. The van der Waals surface area contributed by atoms with Crippen molar-refractivity contribution in [1.29, 1.82) is 0 Å². The molecule has 120 valence electrons. The summed E-state index contributed by atoms with van der Waals surface area (Å²) in [7, 11) is 0. The zero-order chi connectivity index (χ0) is 16.0. The fraction of sp³-hybridized carbons (Fsp3) is 0.647. The quantitative estimate of drug-likeness (QED) is 0.865. The summed E-state index contributed by atoms with van der Waals surface area (Å²) in [5, 5.41) is 0. The molecule has 1 aliphatic carbocycles. The smallest absolute Gasteiger partial charge is 0.414 e. The average Bonchev–Trinajstić information content (AvgIpc) is 2.41. The normalized spacial score (nSPS) is 20.1. The number of carbonyl (C=O) groups excluding carboxylic acids is 1. The Morgan fingerprint density at radius 2 is 2.05 bits per heavy atom. The van der Waals surface area contributed by atoms with Crippen LogP contribution in [0.15, 0.2) is 12.1 Å². The van der Waals surface area contributed by atoms with E-state index in [1.165, 1.54) is 6.42 Å². The van der Waals surface area contributed by atoms with Gasteiger partial charge >= 0.3 is 6.09 Å². The van der Waals surface area contributed by atoms with Crippen LogP contribution in [0.3, 0.4) is 0 Å². The number of rotatable bonds is 1. The second kappa shape index (κ2) is 5.23. The fourth-order valence-corrected chi connectivity index (χ4v) is 3.05. The highest BCUT2D eigenvalue weighted by molar-refractivity contribution is 5.89. The van der Waals surface area contributed by atoms with Gasteiger partial charge in [0.2, 0.25) is 0 Å². The van der Waals surface area contributed by atoms with E-state index in [9.17, 15) is 4.79 Å². The van der Waals surface area contributed by atoms with Gasteiger partial charge in [-0.1, -0.05) is 0 Å². The molecule has 2 aliphatic rings. The zero-order valence-electron chi connectivity index (χ0n) is 13.7. The van der Waals surface area contributed by atoms with Gasteiger partial charge in [0.1, 0.15) is 5.60 Å². The van der Waals surface area contributed by atoms with E-state index in [-0.39, 0.29) is 11.6 Å². The molecule has 2 N–H and O–H groups in total. The number of pyridine rings is 1. The Kier molecular flexibility index (Phi) is 3.63. The van der Waals surface area contributed by atoms with Crippen LogP contribution in [0, 0.1) is 0 Å². The maximum atomic E-state index is 12.4. The minimum absolute atomic E-state index is 0.261. The maximum Gasteiger partial charge on any atom is 0.414 e. The number of fused-ring (bicyclic) bond motifs is 1. The van der Waals surface area contributed by atoms with Gasteiger partial charge in [-0.2, -0.15) is 0 Å². The number of amides is 1. The van der Waals surface area contributed by atoms with Gasteiger partial charge in [0.15, 0.2) is 0 Å². The monoisotopic (exact) mass is 303 g/mol.